The lowest BCUT2D eigenvalue weighted by atomic mass is 10.1. The number of aryl methyl sites for hydroxylation is 2. The summed E-state index contributed by atoms with van der Waals surface area (Å²) in [5, 5.41) is 3.53. The minimum atomic E-state index is -0.410. The molecule has 1 N–H and O–H groups in total. The van der Waals surface area contributed by atoms with E-state index in [9.17, 15) is 9.59 Å². The van der Waals surface area contributed by atoms with Gasteiger partial charge in [0.05, 0.1) is 10.6 Å². The maximum atomic E-state index is 12.8. The van der Waals surface area contributed by atoms with Crippen molar-refractivity contribution in [2.45, 2.75) is 44.5 Å². The van der Waals surface area contributed by atoms with E-state index in [0.717, 1.165) is 22.6 Å². The molecule has 2 aliphatic heterocycles. The third-order valence-corrected chi connectivity index (χ3v) is 7.49. The molecule has 1 aromatic heterocycles. The number of nitrogens with one attached hydrogen (secondary N) is 1. The van der Waals surface area contributed by atoms with Crippen LogP contribution in [0.3, 0.4) is 0 Å². The number of nitrogens with zero attached hydrogens (tertiary/aromatic N) is 2. The average molecular weight is 388 g/mol. The molecule has 0 bridgehead atoms. The van der Waals surface area contributed by atoms with Gasteiger partial charge in [-0.2, -0.15) is 0 Å². The Bertz CT molecular complexity index is 877. The number of thioether (sulfide) groups is 1. The molecular weight excluding hydrogens is 366 g/mol. The zero-order valence-electron chi connectivity index (χ0n) is 15.0. The van der Waals surface area contributed by atoms with Crippen molar-refractivity contribution in [1.82, 2.24) is 9.88 Å². The first-order chi connectivity index (χ1) is 12.4. The van der Waals surface area contributed by atoms with E-state index in [0.29, 0.717) is 17.3 Å². The van der Waals surface area contributed by atoms with E-state index in [1.807, 2.05) is 19.1 Å². The highest BCUT2D eigenvalue weighted by Gasteiger charge is 2.52. The normalized spacial score (nSPS) is 24.8. The van der Waals surface area contributed by atoms with Crippen LogP contribution in [0.5, 0.6) is 0 Å². The Balaban J connectivity index is 1.53. The Morgan fingerprint density at radius 2 is 2.04 bits per heavy atom. The molecule has 2 fully saturated rings. The summed E-state index contributed by atoms with van der Waals surface area (Å²) in [5.41, 5.74) is 3.14. The highest BCUT2D eigenvalue weighted by Crippen LogP contribution is 2.47. The predicted octanol–water partition coefficient (Wildman–Crippen LogP) is 3.82. The van der Waals surface area contributed by atoms with Crippen molar-refractivity contribution >= 4 is 40.0 Å². The van der Waals surface area contributed by atoms with Crippen molar-refractivity contribution in [3.05, 3.63) is 34.7 Å². The Morgan fingerprint density at radius 1 is 1.31 bits per heavy atom. The molecule has 4 rings (SSSR count). The van der Waals surface area contributed by atoms with E-state index in [-0.39, 0.29) is 16.7 Å². The second-order valence-electron chi connectivity index (χ2n) is 7.04. The van der Waals surface area contributed by atoms with Gasteiger partial charge in [0, 0.05) is 22.6 Å². The lowest BCUT2D eigenvalue weighted by molar-refractivity contribution is -0.135. The van der Waals surface area contributed by atoms with Gasteiger partial charge in [-0.3, -0.25) is 9.59 Å². The number of amides is 2. The van der Waals surface area contributed by atoms with Crippen molar-refractivity contribution in [1.29, 1.82) is 0 Å². The summed E-state index contributed by atoms with van der Waals surface area (Å²) in [6.45, 7) is 6.12. The second-order valence-corrected chi connectivity index (χ2v) is 9.75. The maximum Gasteiger partial charge on any atom is 0.249 e. The van der Waals surface area contributed by atoms with Gasteiger partial charge in [-0.1, -0.05) is 29.8 Å². The van der Waals surface area contributed by atoms with Gasteiger partial charge in [0.2, 0.25) is 11.8 Å². The first-order valence-electron chi connectivity index (χ1n) is 8.69. The Hall–Kier alpha value is -1.86. The van der Waals surface area contributed by atoms with E-state index in [1.54, 1.807) is 16.7 Å². The van der Waals surface area contributed by atoms with Crippen LogP contribution in [-0.2, 0) is 9.59 Å². The van der Waals surface area contributed by atoms with Crippen LogP contribution >= 0.6 is 23.1 Å². The summed E-state index contributed by atoms with van der Waals surface area (Å²) in [6, 6.07) is 7.80. The van der Waals surface area contributed by atoms with Crippen LogP contribution in [0.25, 0.3) is 11.3 Å². The monoisotopic (exact) mass is 387 g/mol. The Labute approximate surface area is 161 Å². The number of rotatable bonds is 3. The molecule has 1 aromatic carbocycles. The minimum absolute atomic E-state index is 0.0771. The zero-order valence-corrected chi connectivity index (χ0v) is 16.7. The summed E-state index contributed by atoms with van der Waals surface area (Å²) in [6.07, 6.45) is 1.34. The topological polar surface area (TPSA) is 62.3 Å². The van der Waals surface area contributed by atoms with Crippen LogP contribution in [0.1, 0.15) is 30.2 Å². The molecular formula is C19H21N3O2S2. The SMILES string of the molecule is Cc1ccc(-c2nc(NC(=O)C3CSC4(C)CCC(=O)N34)sc2C)cc1. The molecule has 3 heterocycles. The molecule has 2 atom stereocenters. The van der Waals surface area contributed by atoms with E-state index >= 15 is 0 Å². The van der Waals surface area contributed by atoms with E-state index < -0.39 is 6.04 Å². The van der Waals surface area contributed by atoms with Gasteiger partial charge < -0.3 is 10.2 Å². The van der Waals surface area contributed by atoms with E-state index in [4.69, 9.17) is 0 Å². The summed E-state index contributed by atoms with van der Waals surface area (Å²) in [7, 11) is 0. The molecule has 26 heavy (non-hydrogen) atoms. The summed E-state index contributed by atoms with van der Waals surface area (Å²) in [4.78, 5) is 32.2. The molecule has 0 radical (unpaired) electrons. The van der Waals surface area contributed by atoms with Crippen molar-refractivity contribution in [2.24, 2.45) is 0 Å². The summed E-state index contributed by atoms with van der Waals surface area (Å²) < 4.78 is 0. The number of hydrogen-bond acceptors (Lipinski definition) is 5. The quantitative estimate of drug-likeness (QED) is 0.870. The number of carbonyl (C=O) groups excluding carboxylic acids is 2. The summed E-state index contributed by atoms with van der Waals surface area (Å²) >= 11 is 3.17. The lowest BCUT2D eigenvalue weighted by Crippen LogP contribution is -2.48. The number of aromatic nitrogens is 1. The number of thiazole rings is 1. The molecule has 2 aromatic rings. The van der Waals surface area contributed by atoms with Gasteiger partial charge >= 0.3 is 0 Å². The Morgan fingerprint density at radius 3 is 2.77 bits per heavy atom. The first kappa shape index (κ1) is 17.5. The smallest absolute Gasteiger partial charge is 0.249 e. The lowest BCUT2D eigenvalue weighted by Gasteiger charge is -2.29. The molecule has 2 unspecified atom stereocenters. The molecule has 7 heteroatoms. The largest absolute Gasteiger partial charge is 0.315 e. The number of hydrogen-bond donors (Lipinski definition) is 1. The van der Waals surface area contributed by atoms with Crippen LogP contribution in [0.4, 0.5) is 5.13 Å². The van der Waals surface area contributed by atoms with Gasteiger partial charge in [0.1, 0.15) is 6.04 Å². The molecule has 0 aliphatic carbocycles. The number of benzene rings is 1. The van der Waals surface area contributed by atoms with Gasteiger partial charge in [-0.15, -0.1) is 23.1 Å². The van der Waals surface area contributed by atoms with E-state index in [1.165, 1.54) is 16.9 Å². The highest BCUT2D eigenvalue weighted by atomic mass is 32.2. The molecule has 136 valence electrons. The number of anilines is 1. The summed E-state index contributed by atoms with van der Waals surface area (Å²) in [5.74, 6) is 0.581. The molecule has 2 amide bonds. The average Bonchev–Trinajstić information content (AvgIpc) is 3.22. The van der Waals surface area contributed by atoms with Gasteiger partial charge in [0.15, 0.2) is 5.13 Å². The Kier molecular flexibility index (Phi) is 4.31. The fourth-order valence-corrected chi connectivity index (χ4v) is 5.90. The third-order valence-electron chi connectivity index (χ3n) is 5.10. The zero-order chi connectivity index (χ0) is 18.5. The van der Waals surface area contributed by atoms with Crippen LogP contribution in [0.2, 0.25) is 0 Å². The fourth-order valence-electron chi connectivity index (χ4n) is 3.63. The standard InChI is InChI=1S/C19H21N3O2S2/c1-11-4-6-13(7-5-11)16-12(2)26-18(20-16)21-17(24)14-10-25-19(3)9-8-15(23)22(14)19/h4-7,14H,8-10H2,1-3H3,(H,20,21,24). The maximum absolute atomic E-state index is 12.8. The van der Waals surface area contributed by atoms with Crippen molar-refractivity contribution in [3.63, 3.8) is 0 Å². The van der Waals surface area contributed by atoms with Crippen LogP contribution in [0.15, 0.2) is 24.3 Å². The van der Waals surface area contributed by atoms with Crippen molar-refractivity contribution in [2.75, 3.05) is 11.1 Å². The van der Waals surface area contributed by atoms with Crippen LogP contribution < -0.4 is 5.32 Å². The minimum Gasteiger partial charge on any atom is -0.315 e. The molecule has 2 saturated heterocycles. The highest BCUT2D eigenvalue weighted by molar-refractivity contribution is 8.01. The number of carbonyl (C=O) groups is 2. The van der Waals surface area contributed by atoms with Crippen LogP contribution in [0, 0.1) is 13.8 Å². The first-order valence-corrected chi connectivity index (χ1v) is 10.5. The van der Waals surface area contributed by atoms with E-state index in [2.05, 4.69) is 36.3 Å². The van der Waals surface area contributed by atoms with Crippen molar-refractivity contribution in [3.8, 4) is 11.3 Å². The number of fused-ring (bicyclic) bond motifs is 1. The third kappa shape index (κ3) is 2.93. The predicted molar refractivity (Wildman–Crippen MR) is 106 cm³/mol. The fraction of sp³-hybridized carbons (Fsp3) is 0.421. The second kappa shape index (κ2) is 6.39. The van der Waals surface area contributed by atoms with Crippen LogP contribution in [-0.4, -0.2) is 38.4 Å². The van der Waals surface area contributed by atoms with Gasteiger partial charge in [0.25, 0.3) is 0 Å². The van der Waals surface area contributed by atoms with Gasteiger partial charge in [-0.25, -0.2) is 4.98 Å². The molecule has 0 saturated carbocycles. The molecule has 5 nitrogen and oxygen atoms in total. The van der Waals surface area contributed by atoms with Crippen molar-refractivity contribution < 1.29 is 9.59 Å². The molecule has 0 spiro atoms. The van der Waals surface area contributed by atoms with Gasteiger partial charge in [-0.05, 0) is 27.2 Å². The molecule has 2 aliphatic rings.